The maximum atomic E-state index is 4.25. The van der Waals surface area contributed by atoms with Crippen molar-refractivity contribution in [3.8, 4) is 0 Å². The molecule has 0 unspecified atom stereocenters. The van der Waals surface area contributed by atoms with E-state index in [4.69, 9.17) is 0 Å². The van der Waals surface area contributed by atoms with Gasteiger partial charge >= 0.3 is 0 Å². The molecule has 0 amide bonds. The maximum absolute atomic E-state index is 4.25. The molecule has 0 aliphatic heterocycles. The van der Waals surface area contributed by atoms with E-state index < -0.39 is 0 Å². The molecule has 70 valence electrons. The second-order valence-electron chi connectivity index (χ2n) is 3.36. The Labute approximate surface area is 79.3 Å². The molecule has 0 aromatic carbocycles. The second-order valence-corrected chi connectivity index (χ2v) is 3.36. The van der Waals surface area contributed by atoms with E-state index in [9.17, 15) is 0 Å². The molecule has 0 radical (unpaired) electrons. The summed E-state index contributed by atoms with van der Waals surface area (Å²) in [6.45, 7) is 7.95. The molecule has 1 rings (SSSR count). The van der Waals surface area contributed by atoms with Crippen LogP contribution in [-0.2, 0) is 7.05 Å². The summed E-state index contributed by atoms with van der Waals surface area (Å²) in [5, 5.41) is 0. The van der Waals surface area contributed by atoms with E-state index in [1.54, 1.807) is 6.20 Å². The maximum Gasteiger partial charge on any atom is 0.135 e. The minimum absolute atomic E-state index is 0.492. The largest absolute Gasteiger partial charge is 0.336 e. The number of aromatic nitrogens is 1. The summed E-state index contributed by atoms with van der Waals surface area (Å²) in [4.78, 5) is 4.25. The third-order valence-electron chi connectivity index (χ3n) is 2.01. The fourth-order valence-corrected chi connectivity index (χ4v) is 1.33. The third-order valence-corrected chi connectivity index (χ3v) is 2.01. The Morgan fingerprint density at radius 3 is 2.77 bits per heavy atom. The highest BCUT2D eigenvalue weighted by Gasteiger charge is 2.02. The van der Waals surface area contributed by atoms with E-state index in [2.05, 4.69) is 31.5 Å². The van der Waals surface area contributed by atoms with Crippen molar-refractivity contribution in [3.05, 3.63) is 42.2 Å². The molecule has 0 aliphatic rings. The average Bonchev–Trinajstić information content (AvgIpc) is 2.08. The average molecular weight is 176 g/mol. The van der Waals surface area contributed by atoms with Crippen molar-refractivity contribution in [1.29, 1.82) is 0 Å². The van der Waals surface area contributed by atoms with Crippen LogP contribution in [0.1, 0.15) is 25.3 Å². The Balaban J connectivity index is 3.43. The van der Waals surface area contributed by atoms with Gasteiger partial charge in [-0.05, 0) is 17.5 Å². The normalized spacial score (nSPS) is 12.2. The van der Waals surface area contributed by atoms with Crippen LogP contribution in [0, 0.1) is 0 Å². The molecule has 0 atom stereocenters. The molecule has 2 nitrogen and oxygen atoms in total. The second kappa shape index (κ2) is 4.08. The lowest BCUT2D eigenvalue weighted by Crippen LogP contribution is -2.22. The van der Waals surface area contributed by atoms with Gasteiger partial charge in [-0.3, -0.25) is 0 Å². The zero-order chi connectivity index (χ0) is 9.84. The van der Waals surface area contributed by atoms with Crippen molar-refractivity contribution in [2.75, 3.05) is 0 Å². The molecule has 0 saturated heterocycles. The highest BCUT2D eigenvalue weighted by atomic mass is 15.0. The Bertz CT molecular complexity index is 359. The fourth-order valence-electron chi connectivity index (χ4n) is 1.33. The molecule has 0 saturated carbocycles. The van der Waals surface area contributed by atoms with Crippen LogP contribution in [0.4, 0.5) is 0 Å². The van der Waals surface area contributed by atoms with Crippen LogP contribution in [0.2, 0.25) is 0 Å². The molecule has 0 aliphatic carbocycles. The molecular formula is C11H16N2. The summed E-state index contributed by atoms with van der Waals surface area (Å²) in [6.07, 6.45) is 3.58. The number of aryl methyl sites for hydroxylation is 1. The zero-order valence-corrected chi connectivity index (χ0v) is 8.49. The number of rotatable bonds is 2. The lowest BCUT2D eigenvalue weighted by molar-refractivity contribution is 0.761. The van der Waals surface area contributed by atoms with E-state index in [0.29, 0.717) is 5.92 Å². The first-order valence-corrected chi connectivity index (χ1v) is 4.47. The van der Waals surface area contributed by atoms with Gasteiger partial charge < -0.3 is 4.57 Å². The summed E-state index contributed by atoms with van der Waals surface area (Å²) >= 11 is 0. The molecular weight excluding hydrogens is 160 g/mol. The summed E-state index contributed by atoms with van der Waals surface area (Å²) in [7, 11) is 1.99. The third kappa shape index (κ3) is 2.08. The highest BCUT2D eigenvalue weighted by Crippen LogP contribution is 2.07. The molecule has 1 aromatic rings. The van der Waals surface area contributed by atoms with Gasteiger partial charge in [0.1, 0.15) is 5.49 Å². The van der Waals surface area contributed by atoms with Gasteiger partial charge in [0.05, 0.1) is 0 Å². The van der Waals surface area contributed by atoms with E-state index in [-0.39, 0.29) is 0 Å². The van der Waals surface area contributed by atoms with Gasteiger partial charge in [0.25, 0.3) is 0 Å². The zero-order valence-electron chi connectivity index (χ0n) is 8.49. The quantitative estimate of drug-likeness (QED) is 0.657. The van der Waals surface area contributed by atoms with Crippen molar-refractivity contribution in [2.24, 2.45) is 12.0 Å². The lowest BCUT2D eigenvalue weighted by Gasteiger charge is -2.08. The van der Waals surface area contributed by atoms with Crippen LogP contribution in [-0.4, -0.2) is 4.57 Å². The molecule has 0 bridgehead atoms. The summed E-state index contributed by atoms with van der Waals surface area (Å²) in [5.41, 5.74) is 2.25. The van der Waals surface area contributed by atoms with Crippen molar-refractivity contribution < 1.29 is 0 Å². The van der Waals surface area contributed by atoms with Crippen molar-refractivity contribution >= 4 is 0 Å². The molecule has 1 heterocycles. The minimum Gasteiger partial charge on any atom is -0.336 e. The SMILES string of the molecule is C=CN=c1c(C(C)C)cccn1C. The molecule has 1 aromatic heterocycles. The Kier molecular flexibility index (Phi) is 3.07. The smallest absolute Gasteiger partial charge is 0.135 e. The van der Waals surface area contributed by atoms with E-state index >= 15 is 0 Å². The Hall–Kier alpha value is -1.31. The lowest BCUT2D eigenvalue weighted by atomic mass is 10.1. The minimum atomic E-state index is 0.492. The number of pyridine rings is 1. The van der Waals surface area contributed by atoms with E-state index in [1.807, 2.05) is 23.9 Å². The van der Waals surface area contributed by atoms with Crippen molar-refractivity contribution in [1.82, 2.24) is 4.57 Å². The van der Waals surface area contributed by atoms with Gasteiger partial charge in [0.2, 0.25) is 0 Å². The van der Waals surface area contributed by atoms with E-state index in [0.717, 1.165) is 5.49 Å². The van der Waals surface area contributed by atoms with Gasteiger partial charge in [-0.25, -0.2) is 4.99 Å². The first-order valence-electron chi connectivity index (χ1n) is 4.47. The summed E-state index contributed by atoms with van der Waals surface area (Å²) < 4.78 is 2.01. The van der Waals surface area contributed by atoms with Crippen LogP contribution in [0.25, 0.3) is 0 Å². The molecule has 13 heavy (non-hydrogen) atoms. The molecule has 0 N–H and O–H groups in total. The number of hydrogen-bond donors (Lipinski definition) is 0. The predicted octanol–water partition coefficient (Wildman–Crippen LogP) is 2.19. The first-order chi connectivity index (χ1) is 6.16. The molecule has 2 heteroatoms. The van der Waals surface area contributed by atoms with Gasteiger partial charge in [0.15, 0.2) is 0 Å². The van der Waals surface area contributed by atoms with Gasteiger partial charge in [-0.15, -0.1) is 0 Å². The first kappa shape index (κ1) is 9.78. The van der Waals surface area contributed by atoms with E-state index in [1.165, 1.54) is 5.56 Å². The van der Waals surface area contributed by atoms with Gasteiger partial charge in [-0.1, -0.05) is 26.5 Å². The van der Waals surface area contributed by atoms with Gasteiger partial charge in [-0.2, -0.15) is 0 Å². The van der Waals surface area contributed by atoms with Crippen LogP contribution in [0.15, 0.2) is 36.1 Å². The van der Waals surface area contributed by atoms with Crippen LogP contribution >= 0.6 is 0 Å². The Morgan fingerprint density at radius 1 is 1.54 bits per heavy atom. The topological polar surface area (TPSA) is 17.3 Å². The fraction of sp³-hybridized carbons (Fsp3) is 0.364. The molecule has 0 fully saturated rings. The monoisotopic (exact) mass is 176 g/mol. The number of nitrogens with zero attached hydrogens (tertiary/aromatic N) is 2. The molecule has 0 spiro atoms. The van der Waals surface area contributed by atoms with Crippen LogP contribution in [0.5, 0.6) is 0 Å². The highest BCUT2D eigenvalue weighted by molar-refractivity contribution is 5.13. The summed E-state index contributed by atoms with van der Waals surface area (Å²) in [5.74, 6) is 0.492. The standard InChI is InChI=1S/C11H16N2/c1-5-12-11-10(9(2)3)7-6-8-13(11)4/h5-9H,1H2,2-4H3. The van der Waals surface area contributed by atoms with Crippen LogP contribution < -0.4 is 5.49 Å². The predicted molar refractivity (Wildman–Crippen MR) is 55.3 cm³/mol. The summed E-state index contributed by atoms with van der Waals surface area (Å²) in [6, 6.07) is 4.14. The van der Waals surface area contributed by atoms with Gasteiger partial charge in [0, 0.05) is 19.4 Å². The van der Waals surface area contributed by atoms with Crippen molar-refractivity contribution in [2.45, 2.75) is 19.8 Å². The van der Waals surface area contributed by atoms with Crippen LogP contribution in [0.3, 0.4) is 0 Å². The Morgan fingerprint density at radius 2 is 2.23 bits per heavy atom. The number of hydrogen-bond acceptors (Lipinski definition) is 1. The van der Waals surface area contributed by atoms with Crippen molar-refractivity contribution in [3.63, 3.8) is 0 Å².